The van der Waals surface area contributed by atoms with E-state index in [1.807, 2.05) is 73.7 Å². The number of benzene rings is 2. The molecule has 0 unspecified atom stereocenters. The van der Waals surface area contributed by atoms with Gasteiger partial charge in [-0.05, 0) is 55.2 Å². The van der Waals surface area contributed by atoms with Gasteiger partial charge in [-0.1, -0.05) is 49.4 Å². The van der Waals surface area contributed by atoms with Crippen LogP contribution in [0.1, 0.15) is 36.0 Å². The van der Waals surface area contributed by atoms with Crippen LogP contribution in [0.15, 0.2) is 71.1 Å². The van der Waals surface area contributed by atoms with Crippen molar-refractivity contribution in [3.8, 4) is 0 Å². The van der Waals surface area contributed by atoms with Gasteiger partial charge in [0.25, 0.3) is 0 Å². The molecule has 3 amide bonds. The van der Waals surface area contributed by atoms with Crippen molar-refractivity contribution < 1.29 is 18.7 Å². The second kappa shape index (κ2) is 14.5. The molecule has 1 saturated heterocycles. The average Bonchev–Trinajstić information content (AvgIpc) is 3.38. The fourth-order valence-electron chi connectivity index (χ4n) is 4.65. The summed E-state index contributed by atoms with van der Waals surface area (Å²) in [5.74, 6) is 1.39. The van der Waals surface area contributed by atoms with Crippen LogP contribution in [0.5, 0.6) is 0 Å². The number of morpholine rings is 1. The molecule has 1 aromatic heterocycles. The first-order chi connectivity index (χ1) is 19.0. The summed E-state index contributed by atoms with van der Waals surface area (Å²) in [6.45, 7) is 9.31. The fraction of sp³-hybridized carbons (Fsp3) is 0.419. The minimum atomic E-state index is -0.275. The van der Waals surface area contributed by atoms with Gasteiger partial charge in [0.1, 0.15) is 18.1 Å². The Balaban J connectivity index is 1.46. The Kier molecular flexibility index (Phi) is 10.6. The number of anilines is 1. The fourth-order valence-corrected chi connectivity index (χ4v) is 4.65. The maximum absolute atomic E-state index is 13.7. The Hall–Kier alpha value is -3.62. The first kappa shape index (κ1) is 28.4. The predicted molar refractivity (Wildman–Crippen MR) is 152 cm³/mol. The molecular formula is C31H40N4O4. The van der Waals surface area contributed by atoms with Crippen molar-refractivity contribution in [3.05, 3.63) is 89.4 Å². The molecule has 0 spiro atoms. The van der Waals surface area contributed by atoms with Crippen LogP contribution in [0.3, 0.4) is 0 Å². The van der Waals surface area contributed by atoms with Crippen LogP contribution in [0.2, 0.25) is 0 Å². The Morgan fingerprint density at radius 3 is 2.31 bits per heavy atom. The summed E-state index contributed by atoms with van der Waals surface area (Å²) < 4.78 is 11.2. The molecular weight excluding hydrogens is 492 g/mol. The van der Waals surface area contributed by atoms with E-state index in [9.17, 15) is 9.59 Å². The number of carbonyl (C=O) groups excluding carboxylic acids is 2. The topological polar surface area (TPSA) is 78.3 Å². The number of aryl methyl sites for hydroxylation is 2. The van der Waals surface area contributed by atoms with E-state index < -0.39 is 0 Å². The number of hydrogen-bond acceptors (Lipinski definition) is 5. The zero-order chi connectivity index (χ0) is 27.5. The van der Waals surface area contributed by atoms with E-state index in [2.05, 4.69) is 17.1 Å². The van der Waals surface area contributed by atoms with E-state index in [4.69, 9.17) is 9.15 Å². The minimum absolute atomic E-state index is 0.0193. The number of hydrogen-bond donors (Lipinski definition) is 1. The van der Waals surface area contributed by atoms with Gasteiger partial charge in [-0.3, -0.25) is 9.69 Å². The standard InChI is InChI=1S/C31H40N4O4/c1-3-26-11-13-28(14-12-26)32-31(37)34(17-7-16-33-18-20-38-21-19-33)24-30(36)35(22-27-8-5-4-6-9-27)23-29-15-10-25(2)39-29/h4-6,8-15H,3,7,16-24H2,1-2H3,(H,32,37). The number of rotatable bonds is 12. The maximum Gasteiger partial charge on any atom is 0.322 e. The van der Waals surface area contributed by atoms with Gasteiger partial charge in [0.2, 0.25) is 5.91 Å². The second-order valence-electron chi connectivity index (χ2n) is 9.96. The molecule has 8 heteroatoms. The molecule has 1 fully saturated rings. The van der Waals surface area contributed by atoms with Gasteiger partial charge >= 0.3 is 6.03 Å². The third-order valence-electron chi connectivity index (χ3n) is 6.94. The average molecular weight is 533 g/mol. The molecule has 1 N–H and O–H groups in total. The molecule has 1 aliphatic rings. The quantitative estimate of drug-likeness (QED) is 0.358. The molecule has 208 valence electrons. The number of furan rings is 1. The molecule has 0 bridgehead atoms. The van der Waals surface area contributed by atoms with Crippen LogP contribution in [0.25, 0.3) is 0 Å². The van der Waals surface area contributed by atoms with Gasteiger partial charge in [-0.15, -0.1) is 0 Å². The van der Waals surface area contributed by atoms with Crippen molar-refractivity contribution in [3.63, 3.8) is 0 Å². The van der Waals surface area contributed by atoms with Gasteiger partial charge < -0.3 is 24.3 Å². The number of amides is 3. The summed E-state index contributed by atoms with van der Waals surface area (Å²) in [6.07, 6.45) is 1.70. The lowest BCUT2D eigenvalue weighted by Crippen LogP contribution is -2.45. The Morgan fingerprint density at radius 2 is 1.64 bits per heavy atom. The largest absolute Gasteiger partial charge is 0.464 e. The molecule has 0 aliphatic carbocycles. The lowest BCUT2D eigenvalue weighted by atomic mass is 10.1. The number of carbonyl (C=O) groups is 2. The third-order valence-corrected chi connectivity index (χ3v) is 6.94. The molecule has 0 radical (unpaired) electrons. The summed E-state index contributed by atoms with van der Waals surface area (Å²) in [6, 6.07) is 21.2. The van der Waals surface area contributed by atoms with Crippen LogP contribution < -0.4 is 5.32 Å². The first-order valence-corrected chi connectivity index (χ1v) is 13.8. The number of nitrogens with one attached hydrogen (secondary N) is 1. The van der Waals surface area contributed by atoms with Gasteiger partial charge in [0.15, 0.2) is 0 Å². The van der Waals surface area contributed by atoms with Crippen LogP contribution >= 0.6 is 0 Å². The predicted octanol–water partition coefficient (Wildman–Crippen LogP) is 4.94. The van der Waals surface area contributed by atoms with E-state index >= 15 is 0 Å². The van der Waals surface area contributed by atoms with E-state index in [1.165, 1.54) is 5.56 Å². The summed E-state index contributed by atoms with van der Waals surface area (Å²) in [5, 5.41) is 2.99. The normalized spacial score (nSPS) is 13.7. The molecule has 39 heavy (non-hydrogen) atoms. The van der Waals surface area contributed by atoms with E-state index in [1.54, 1.807) is 9.80 Å². The lowest BCUT2D eigenvalue weighted by molar-refractivity contribution is -0.133. The highest BCUT2D eigenvalue weighted by Crippen LogP contribution is 2.15. The highest BCUT2D eigenvalue weighted by Gasteiger charge is 2.23. The van der Waals surface area contributed by atoms with Crippen molar-refractivity contribution >= 4 is 17.6 Å². The molecule has 4 rings (SSSR count). The highest BCUT2D eigenvalue weighted by molar-refractivity contribution is 5.92. The first-order valence-electron chi connectivity index (χ1n) is 13.8. The number of urea groups is 1. The molecule has 2 heterocycles. The third kappa shape index (κ3) is 8.97. The smallest absolute Gasteiger partial charge is 0.322 e. The van der Waals surface area contributed by atoms with Crippen molar-refractivity contribution in [2.75, 3.05) is 51.3 Å². The summed E-state index contributed by atoms with van der Waals surface area (Å²) in [5.41, 5.74) is 2.94. The summed E-state index contributed by atoms with van der Waals surface area (Å²) in [7, 11) is 0. The van der Waals surface area contributed by atoms with Crippen molar-refractivity contribution in [1.82, 2.24) is 14.7 Å². The second-order valence-corrected chi connectivity index (χ2v) is 9.96. The van der Waals surface area contributed by atoms with Crippen LogP contribution in [0.4, 0.5) is 10.5 Å². The molecule has 1 aliphatic heterocycles. The number of ether oxygens (including phenoxy) is 1. The Morgan fingerprint density at radius 1 is 0.897 bits per heavy atom. The Labute approximate surface area is 231 Å². The molecule has 0 saturated carbocycles. The minimum Gasteiger partial charge on any atom is -0.464 e. The number of nitrogens with zero attached hydrogens (tertiary/aromatic N) is 3. The van der Waals surface area contributed by atoms with Crippen LogP contribution in [-0.2, 0) is 29.0 Å². The van der Waals surface area contributed by atoms with E-state index in [0.717, 1.165) is 68.5 Å². The van der Waals surface area contributed by atoms with Gasteiger partial charge in [-0.25, -0.2) is 4.79 Å². The van der Waals surface area contributed by atoms with Crippen molar-refractivity contribution in [2.24, 2.45) is 0 Å². The SMILES string of the molecule is CCc1ccc(NC(=O)N(CCCN2CCOCC2)CC(=O)N(Cc2ccccc2)Cc2ccc(C)o2)cc1. The van der Waals surface area contributed by atoms with Gasteiger partial charge in [-0.2, -0.15) is 0 Å². The molecule has 2 aromatic carbocycles. The lowest BCUT2D eigenvalue weighted by Gasteiger charge is -2.30. The molecule has 0 atom stereocenters. The van der Waals surface area contributed by atoms with E-state index in [-0.39, 0.29) is 18.5 Å². The summed E-state index contributed by atoms with van der Waals surface area (Å²) >= 11 is 0. The van der Waals surface area contributed by atoms with Gasteiger partial charge in [0, 0.05) is 38.4 Å². The van der Waals surface area contributed by atoms with Crippen LogP contribution in [0, 0.1) is 6.92 Å². The van der Waals surface area contributed by atoms with Crippen LogP contribution in [-0.4, -0.2) is 72.6 Å². The highest BCUT2D eigenvalue weighted by atomic mass is 16.5. The van der Waals surface area contributed by atoms with Gasteiger partial charge in [0.05, 0.1) is 19.8 Å². The summed E-state index contributed by atoms with van der Waals surface area (Å²) in [4.78, 5) is 32.9. The molecule has 3 aromatic rings. The monoisotopic (exact) mass is 532 g/mol. The molecule has 8 nitrogen and oxygen atoms in total. The Bertz CT molecular complexity index is 1170. The van der Waals surface area contributed by atoms with E-state index in [0.29, 0.717) is 19.6 Å². The van der Waals surface area contributed by atoms with Crippen molar-refractivity contribution in [2.45, 2.75) is 39.8 Å². The maximum atomic E-state index is 13.7. The van der Waals surface area contributed by atoms with Crippen molar-refractivity contribution in [1.29, 1.82) is 0 Å². The zero-order valence-electron chi connectivity index (χ0n) is 23.1. The zero-order valence-corrected chi connectivity index (χ0v) is 23.1.